The van der Waals surface area contributed by atoms with Crippen molar-refractivity contribution >= 4 is 45.7 Å². The summed E-state index contributed by atoms with van der Waals surface area (Å²) in [6, 6.07) is 22.8. The predicted molar refractivity (Wildman–Crippen MR) is 148 cm³/mol. The van der Waals surface area contributed by atoms with Gasteiger partial charge >= 0.3 is 6.03 Å². The Labute approximate surface area is 224 Å². The van der Waals surface area contributed by atoms with Crippen LogP contribution in [-0.4, -0.2) is 17.2 Å². The number of thiazole rings is 1. The average molecular weight is 542 g/mol. The van der Waals surface area contributed by atoms with Crippen LogP contribution in [-0.2, 0) is 13.1 Å². The van der Waals surface area contributed by atoms with Crippen molar-refractivity contribution in [1.29, 1.82) is 0 Å². The van der Waals surface area contributed by atoms with E-state index in [0.29, 0.717) is 28.3 Å². The molecule has 186 valence electrons. The molecule has 3 N–H and O–H groups in total. The number of hydrogen-bond acceptors (Lipinski definition) is 5. The third-order valence-corrected chi connectivity index (χ3v) is 6.83. The molecule has 1 heterocycles. The van der Waals surface area contributed by atoms with E-state index in [4.69, 9.17) is 27.9 Å². The van der Waals surface area contributed by atoms with Crippen LogP contribution in [0.1, 0.15) is 24.5 Å². The van der Waals surface area contributed by atoms with Gasteiger partial charge in [0.1, 0.15) is 12.0 Å². The summed E-state index contributed by atoms with van der Waals surface area (Å²) in [4.78, 5) is 16.7. The van der Waals surface area contributed by atoms with Crippen molar-refractivity contribution in [2.45, 2.75) is 32.7 Å². The van der Waals surface area contributed by atoms with E-state index in [0.717, 1.165) is 34.6 Å². The van der Waals surface area contributed by atoms with E-state index in [2.05, 4.69) is 27.9 Å². The predicted octanol–water partition coefficient (Wildman–Crippen LogP) is 7.34. The van der Waals surface area contributed by atoms with Crippen molar-refractivity contribution in [3.8, 4) is 17.0 Å². The van der Waals surface area contributed by atoms with Crippen LogP contribution >= 0.6 is 34.5 Å². The molecule has 4 aromatic rings. The number of carbonyl (C=O) groups is 1. The van der Waals surface area contributed by atoms with Gasteiger partial charge in [-0.05, 0) is 53.9 Å². The minimum Gasteiger partial charge on any atom is -0.475 e. The largest absolute Gasteiger partial charge is 0.475 e. The summed E-state index contributed by atoms with van der Waals surface area (Å²) in [7, 11) is 0. The van der Waals surface area contributed by atoms with Gasteiger partial charge in [0.05, 0.1) is 15.7 Å². The Morgan fingerprint density at radius 1 is 0.972 bits per heavy atom. The maximum absolute atomic E-state index is 12.2. The van der Waals surface area contributed by atoms with E-state index in [1.165, 1.54) is 11.3 Å². The van der Waals surface area contributed by atoms with Gasteiger partial charge < -0.3 is 10.1 Å². The molecule has 1 aromatic heterocycles. The minimum atomic E-state index is -0.289. The zero-order valence-electron chi connectivity index (χ0n) is 19.6. The van der Waals surface area contributed by atoms with Gasteiger partial charge in [0, 0.05) is 24.0 Å². The van der Waals surface area contributed by atoms with E-state index in [1.807, 2.05) is 72.1 Å². The molecule has 2 amide bonds. The number of ether oxygens (including phenoxy) is 1. The van der Waals surface area contributed by atoms with E-state index < -0.39 is 0 Å². The van der Waals surface area contributed by atoms with Crippen LogP contribution in [0.4, 0.5) is 9.93 Å². The molecule has 36 heavy (non-hydrogen) atoms. The lowest BCUT2D eigenvalue weighted by molar-refractivity contribution is 0.157. The van der Waals surface area contributed by atoms with Crippen LogP contribution < -0.4 is 20.7 Å². The molecule has 9 heteroatoms. The van der Waals surface area contributed by atoms with Gasteiger partial charge in [-0.15, -0.1) is 11.3 Å². The van der Waals surface area contributed by atoms with Crippen molar-refractivity contribution < 1.29 is 9.53 Å². The highest BCUT2D eigenvalue weighted by atomic mass is 35.5. The molecule has 0 aliphatic heterocycles. The first-order valence-electron chi connectivity index (χ1n) is 11.5. The van der Waals surface area contributed by atoms with Gasteiger partial charge in [0.2, 0.25) is 0 Å². The number of rotatable bonds is 10. The Morgan fingerprint density at radius 2 is 1.75 bits per heavy atom. The smallest absolute Gasteiger partial charge is 0.321 e. The standard InChI is InChI=1S/C27H26Cl2N4O2S/c1-2-25(30-16-19-8-13-22(28)23(29)14-19)35-21-11-9-20(10-12-21)24-17-36-27(32-24)33-26(34)31-15-18-6-4-3-5-7-18/h3-14,17,25,30H,2,15-16H2,1H3,(H2,31,32,33,34). The van der Waals surface area contributed by atoms with Crippen molar-refractivity contribution in [3.63, 3.8) is 0 Å². The van der Waals surface area contributed by atoms with E-state index >= 15 is 0 Å². The summed E-state index contributed by atoms with van der Waals surface area (Å²) in [6.45, 7) is 3.12. The SMILES string of the molecule is CCC(NCc1ccc(Cl)c(Cl)c1)Oc1ccc(-c2csc(NC(=O)NCc3ccccc3)n2)cc1. The molecule has 6 nitrogen and oxygen atoms in total. The van der Waals surface area contributed by atoms with Gasteiger partial charge in [-0.3, -0.25) is 10.6 Å². The molecule has 0 bridgehead atoms. The van der Waals surface area contributed by atoms with Crippen molar-refractivity contribution in [2.75, 3.05) is 5.32 Å². The molecule has 1 atom stereocenters. The topological polar surface area (TPSA) is 75.3 Å². The van der Waals surface area contributed by atoms with Gasteiger partial charge in [0.15, 0.2) is 5.13 Å². The van der Waals surface area contributed by atoms with Gasteiger partial charge in [-0.1, -0.05) is 66.5 Å². The second-order valence-corrected chi connectivity index (χ2v) is 9.67. The fourth-order valence-electron chi connectivity index (χ4n) is 3.40. The summed E-state index contributed by atoms with van der Waals surface area (Å²) in [6.07, 6.45) is 0.631. The van der Waals surface area contributed by atoms with Crippen LogP contribution in [0.25, 0.3) is 11.3 Å². The highest BCUT2D eigenvalue weighted by Gasteiger charge is 2.11. The Kier molecular flexibility index (Phi) is 9.19. The summed E-state index contributed by atoms with van der Waals surface area (Å²) in [5, 5.41) is 12.5. The lowest BCUT2D eigenvalue weighted by Gasteiger charge is -2.19. The van der Waals surface area contributed by atoms with Crippen LogP contribution in [0, 0.1) is 0 Å². The summed E-state index contributed by atoms with van der Waals surface area (Å²) in [5.41, 5.74) is 3.79. The molecule has 0 radical (unpaired) electrons. The van der Waals surface area contributed by atoms with E-state index in [9.17, 15) is 4.79 Å². The maximum atomic E-state index is 12.2. The van der Waals surface area contributed by atoms with Crippen LogP contribution in [0.5, 0.6) is 5.75 Å². The molecule has 0 aliphatic carbocycles. The molecule has 4 rings (SSSR count). The Balaban J connectivity index is 1.28. The number of anilines is 1. The van der Waals surface area contributed by atoms with Crippen LogP contribution in [0.15, 0.2) is 78.2 Å². The Bertz CT molecular complexity index is 1280. The Hall–Kier alpha value is -3.10. The number of nitrogens with one attached hydrogen (secondary N) is 3. The van der Waals surface area contributed by atoms with Crippen molar-refractivity contribution in [2.24, 2.45) is 0 Å². The number of carbonyl (C=O) groups excluding carboxylic acids is 1. The monoisotopic (exact) mass is 540 g/mol. The second-order valence-electron chi connectivity index (χ2n) is 8.00. The summed E-state index contributed by atoms with van der Waals surface area (Å²) < 4.78 is 6.10. The molecule has 0 fully saturated rings. The fourth-order valence-corrected chi connectivity index (χ4v) is 4.44. The first-order chi connectivity index (χ1) is 17.5. The highest BCUT2D eigenvalue weighted by Crippen LogP contribution is 2.27. The zero-order chi connectivity index (χ0) is 25.3. The maximum Gasteiger partial charge on any atom is 0.321 e. The fraction of sp³-hybridized carbons (Fsp3) is 0.185. The van der Waals surface area contributed by atoms with E-state index in [1.54, 1.807) is 6.07 Å². The number of halogens is 2. The lowest BCUT2D eigenvalue weighted by atomic mass is 10.2. The Morgan fingerprint density at radius 3 is 2.47 bits per heavy atom. The van der Waals surface area contributed by atoms with E-state index in [-0.39, 0.29) is 12.3 Å². The number of nitrogens with zero attached hydrogens (tertiary/aromatic N) is 1. The molecule has 0 saturated heterocycles. The number of benzene rings is 3. The lowest BCUT2D eigenvalue weighted by Crippen LogP contribution is -2.33. The minimum absolute atomic E-state index is 0.158. The molecule has 1 unspecified atom stereocenters. The third kappa shape index (κ3) is 7.45. The molecular formula is C27H26Cl2N4O2S. The summed E-state index contributed by atoms with van der Waals surface area (Å²) in [5.74, 6) is 0.751. The third-order valence-electron chi connectivity index (χ3n) is 5.34. The number of hydrogen-bond donors (Lipinski definition) is 3. The van der Waals surface area contributed by atoms with Crippen molar-refractivity contribution in [1.82, 2.24) is 15.6 Å². The number of urea groups is 1. The zero-order valence-corrected chi connectivity index (χ0v) is 22.0. The second kappa shape index (κ2) is 12.7. The normalized spacial score (nSPS) is 11.6. The van der Waals surface area contributed by atoms with Crippen LogP contribution in [0.2, 0.25) is 10.0 Å². The van der Waals surface area contributed by atoms with Crippen LogP contribution in [0.3, 0.4) is 0 Å². The first kappa shape index (κ1) is 26.0. The molecule has 0 spiro atoms. The van der Waals surface area contributed by atoms with Gasteiger partial charge in [-0.25, -0.2) is 9.78 Å². The quantitative estimate of drug-likeness (QED) is 0.184. The number of aromatic nitrogens is 1. The highest BCUT2D eigenvalue weighted by molar-refractivity contribution is 7.14. The number of amides is 2. The van der Waals surface area contributed by atoms with Crippen molar-refractivity contribution in [3.05, 3.63) is 99.3 Å². The molecule has 0 saturated carbocycles. The van der Waals surface area contributed by atoms with Gasteiger partial charge in [0.25, 0.3) is 0 Å². The molecule has 3 aromatic carbocycles. The molecular weight excluding hydrogens is 515 g/mol. The first-order valence-corrected chi connectivity index (χ1v) is 13.1. The average Bonchev–Trinajstić information content (AvgIpc) is 3.36. The summed E-state index contributed by atoms with van der Waals surface area (Å²) >= 11 is 13.5. The van der Waals surface area contributed by atoms with Gasteiger partial charge in [-0.2, -0.15) is 0 Å². The molecule has 0 aliphatic rings.